The molecule has 0 radical (unpaired) electrons. The molecule has 0 spiro atoms. The number of amides is 1. The fourth-order valence-corrected chi connectivity index (χ4v) is 4.60. The van der Waals surface area contributed by atoms with Crippen molar-refractivity contribution in [1.82, 2.24) is 5.32 Å². The third-order valence-electron chi connectivity index (χ3n) is 4.94. The number of nitrogens with zero attached hydrogens (tertiary/aromatic N) is 1. The van der Waals surface area contributed by atoms with Crippen LogP contribution in [0.2, 0.25) is 0 Å². The topological polar surface area (TPSA) is 41.6 Å². The fraction of sp³-hybridized carbons (Fsp3) is 0.160. The molecule has 0 bridgehead atoms. The lowest BCUT2D eigenvalue weighted by molar-refractivity contribution is -0.116. The van der Waals surface area contributed by atoms with Crippen LogP contribution < -0.4 is 15.0 Å². The van der Waals surface area contributed by atoms with Crippen molar-refractivity contribution in [2.45, 2.75) is 16.2 Å². The summed E-state index contributed by atoms with van der Waals surface area (Å²) in [6, 6.07) is 24.6. The summed E-state index contributed by atoms with van der Waals surface area (Å²) in [6.45, 7) is 1.45. The van der Waals surface area contributed by atoms with E-state index in [4.69, 9.17) is 4.74 Å². The largest absolute Gasteiger partial charge is 0.496 e. The minimum atomic E-state index is -0.101. The van der Waals surface area contributed by atoms with Crippen molar-refractivity contribution < 1.29 is 9.53 Å². The van der Waals surface area contributed by atoms with E-state index in [1.165, 1.54) is 21.2 Å². The van der Waals surface area contributed by atoms with E-state index in [0.717, 1.165) is 24.3 Å². The molecule has 3 aromatic rings. The summed E-state index contributed by atoms with van der Waals surface area (Å²) >= 11 is 1.81. The third kappa shape index (κ3) is 4.52. The van der Waals surface area contributed by atoms with Gasteiger partial charge in [-0.15, -0.1) is 0 Å². The van der Waals surface area contributed by atoms with Crippen LogP contribution in [0.5, 0.6) is 5.75 Å². The number of methoxy groups -OCH3 is 1. The van der Waals surface area contributed by atoms with Crippen LogP contribution in [0.4, 0.5) is 11.4 Å². The van der Waals surface area contributed by atoms with Gasteiger partial charge >= 0.3 is 0 Å². The molecule has 0 atom stereocenters. The van der Waals surface area contributed by atoms with Crippen molar-refractivity contribution in [1.29, 1.82) is 0 Å². The van der Waals surface area contributed by atoms with Crippen molar-refractivity contribution in [3.8, 4) is 5.75 Å². The minimum absolute atomic E-state index is 0.101. The first kappa shape index (κ1) is 20.1. The van der Waals surface area contributed by atoms with Crippen LogP contribution in [-0.2, 0) is 4.79 Å². The Morgan fingerprint density at radius 1 is 0.967 bits per heavy atom. The number of benzene rings is 3. The lowest BCUT2D eigenvalue weighted by Crippen LogP contribution is -2.28. The molecule has 0 unspecified atom stereocenters. The second-order valence-corrected chi connectivity index (χ2v) is 7.99. The summed E-state index contributed by atoms with van der Waals surface area (Å²) in [5, 5.41) is 2.98. The Morgan fingerprint density at radius 2 is 1.60 bits per heavy atom. The lowest BCUT2D eigenvalue weighted by Gasteiger charge is -2.32. The van der Waals surface area contributed by atoms with E-state index in [1.54, 1.807) is 19.3 Å². The second kappa shape index (κ2) is 9.55. The molecule has 1 aliphatic heterocycles. The molecule has 1 aliphatic rings. The van der Waals surface area contributed by atoms with Gasteiger partial charge in [0.05, 0.1) is 18.5 Å². The molecule has 5 heteroatoms. The molecule has 0 aliphatic carbocycles. The fourth-order valence-electron chi connectivity index (χ4n) is 3.50. The molecule has 0 saturated heterocycles. The minimum Gasteiger partial charge on any atom is -0.496 e. The van der Waals surface area contributed by atoms with E-state index in [0.29, 0.717) is 6.54 Å². The lowest BCUT2D eigenvalue weighted by atomic mass is 10.2. The normalized spacial score (nSPS) is 12.4. The first-order chi connectivity index (χ1) is 14.8. The predicted octanol–water partition coefficient (Wildman–Crippen LogP) is 5.52. The summed E-state index contributed by atoms with van der Waals surface area (Å²) < 4.78 is 5.31. The molecule has 0 aromatic heterocycles. The van der Waals surface area contributed by atoms with Gasteiger partial charge in [0.1, 0.15) is 5.75 Å². The summed E-state index contributed by atoms with van der Waals surface area (Å²) in [6.07, 6.45) is 4.18. The number of ether oxygens (including phenoxy) is 1. The first-order valence-electron chi connectivity index (χ1n) is 9.98. The zero-order chi connectivity index (χ0) is 20.8. The summed E-state index contributed by atoms with van der Waals surface area (Å²) in [7, 11) is 1.63. The molecule has 0 fully saturated rings. The number of hydrogen-bond donors (Lipinski definition) is 1. The molecule has 3 aromatic carbocycles. The Kier molecular flexibility index (Phi) is 6.40. The van der Waals surface area contributed by atoms with Crippen molar-refractivity contribution >= 4 is 35.1 Å². The van der Waals surface area contributed by atoms with Crippen LogP contribution >= 0.6 is 11.8 Å². The maximum absolute atomic E-state index is 12.2. The average molecular weight is 417 g/mol. The Labute approximate surface area is 181 Å². The number of nitrogens with one attached hydrogen (secondary N) is 1. The SMILES string of the molecule is COc1ccccc1/C=C/C(=O)NCCCN1c2ccccc2Sc2ccccc21. The highest BCUT2D eigenvalue weighted by Crippen LogP contribution is 2.47. The van der Waals surface area contributed by atoms with Crippen molar-refractivity contribution in [2.75, 3.05) is 25.1 Å². The number of anilines is 2. The molecule has 1 heterocycles. The highest BCUT2D eigenvalue weighted by Gasteiger charge is 2.22. The van der Waals surface area contributed by atoms with Crippen molar-refractivity contribution in [3.63, 3.8) is 0 Å². The Morgan fingerprint density at radius 3 is 2.30 bits per heavy atom. The Hall–Kier alpha value is -3.18. The molecule has 0 saturated carbocycles. The molecule has 1 amide bonds. The zero-order valence-electron chi connectivity index (χ0n) is 16.9. The molecule has 30 heavy (non-hydrogen) atoms. The van der Waals surface area contributed by atoms with Crippen LogP contribution in [-0.4, -0.2) is 26.1 Å². The summed E-state index contributed by atoms with van der Waals surface area (Å²) in [4.78, 5) is 17.1. The van der Waals surface area contributed by atoms with E-state index < -0.39 is 0 Å². The van der Waals surface area contributed by atoms with E-state index >= 15 is 0 Å². The smallest absolute Gasteiger partial charge is 0.244 e. The highest BCUT2D eigenvalue weighted by molar-refractivity contribution is 7.99. The van der Waals surface area contributed by atoms with Gasteiger partial charge in [-0.05, 0) is 42.8 Å². The van der Waals surface area contributed by atoms with Crippen LogP contribution in [0.25, 0.3) is 6.08 Å². The second-order valence-electron chi connectivity index (χ2n) is 6.91. The molecule has 4 rings (SSSR count). The Balaban J connectivity index is 1.35. The van der Waals surface area contributed by atoms with E-state index in [1.807, 2.05) is 36.0 Å². The standard InChI is InChI=1S/C25H24N2O2S/c1-29-22-12-5-2-9-19(22)15-16-25(28)26-17-8-18-27-20-10-3-6-13-23(20)30-24-14-7-4-11-21(24)27/h2-7,9-16H,8,17-18H2,1H3,(H,26,28)/b16-15+. The van der Waals surface area contributed by atoms with Crippen LogP contribution in [0.15, 0.2) is 88.7 Å². The van der Waals surface area contributed by atoms with E-state index in [2.05, 4.69) is 58.7 Å². The Bertz CT molecular complexity index is 1020. The maximum atomic E-state index is 12.2. The van der Waals surface area contributed by atoms with Gasteiger partial charge in [0.25, 0.3) is 0 Å². The van der Waals surface area contributed by atoms with Crippen molar-refractivity contribution in [3.05, 3.63) is 84.4 Å². The predicted molar refractivity (Wildman–Crippen MR) is 124 cm³/mol. The van der Waals surface area contributed by atoms with Gasteiger partial charge in [-0.3, -0.25) is 4.79 Å². The summed E-state index contributed by atoms with van der Waals surface area (Å²) in [5.41, 5.74) is 3.33. The maximum Gasteiger partial charge on any atom is 0.244 e. The van der Waals surface area contributed by atoms with E-state index in [9.17, 15) is 4.79 Å². The van der Waals surface area contributed by atoms with Crippen LogP contribution in [0.3, 0.4) is 0 Å². The van der Waals surface area contributed by atoms with Gasteiger partial charge in [-0.1, -0.05) is 54.2 Å². The number of carbonyl (C=O) groups is 1. The third-order valence-corrected chi connectivity index (χ3v) is 6.07. The first-order valence-corrected chi connectivity index (χ1v) is 10.8. The van der Waals surface area contributed by atoms with Crippen LogP contribution in [0, 0.1) is 0 Å². The highest BCUT2D eigenvalue weighted by atomic mass is 32.2. The number of para-hydroxylation sites is 3. The molecule has 152 valence electrons. The number of carbonyl (C=O) groups excluding carboxylic acids is 1. The van der Waals surface area contributed by atoms with Gasteiger partial charge in [-0.2, -0.15) is 0 Å². The zero-order valence-corrected chi connectivity index (χ0v) is 17.7. The van der Waals surface area contributed by atoms with Gasteiger partial charge in [-0.25, -0.2) is 0 Å². The summed E-state index contributed by atoms with van der Waals surface area (Å²) in [5.74, 6) is 0.651. The number of hydrogen-bond acceptors (Lipinski definition) is 4. The van der Waals surface area contributed by atoms with Gasteiger partial charge in [0, 0.05) is 34.5 Å². The van der Waals surface area contributed by atoms with E-state index in [-0.39, 0.29) is 5.91 Å². The molecule has 4 nitrogen and oxygen atoms in total. The number of fused-ring (bicyclic) bond motifs is 2. The van der Waals surface area contributed by atoms with Crippen LogP contribution in [0.1, 0.15) is 12.0 Å². The molecular weight excluding hydrogens is 392 g/mol. The van der Waals surface area contributed by atoms with Gasteiger partial charge in [0.2, 0.25) is 5.91 Å². The number of rotatable bonds is 7. The monoisotopic (exact) mass is 416 g/mol. The quantitative estimate of drug-likeness (QED) is 0.407. The average Bonchev–Trinajstić information content (AvgIpc) is 2.80. The van der Waals surface area contributed by atoms with Crippen molar-refractivity contribution in [2.24, 2.45) is 0 Å². The molecular formula is C25H24N2O2S. The van der Waals surface area contributed by atoms with Gasteiger partial charge in [0.15, 0.2) is 0 Å². The molecule has 1 N–H and O–H groups in total. The van der Waals surface area contributed by atoms with Gasteiger partial charge < -0.3 is 15.0 Å².